The van der Waals surface area contributed by atoms with E-state index in [1.807, 2.05) is 16.8 Å². The smallest absolute Gasteiger partial charge is 0.199 e. The summed E-state index contributed by atoms with van der Waals surface area (Å²) >= 11 is 7.45. The molecule has 1 fully saturated rings. The first-order valence-electron chi connectivity index (χ1n) is 9.83. The molecule has 6 nitrogen and oxygen atoms in total. The zero-order valence-electron chi connectivity index (χ0n) is 17.0. The van der Waals surface area contributed by atoms with E-state index >= 15 is 0 Å². The molecular formula is C21H26N4O2S2. The molecule has 8 heteroatoms. The minimum absolute atomic E-state index is 0.273. The Morgan fingerprint density at radius 2 is 2.10 bits per heavy atom. The standard InChI is InChI=1S/C21H26N4O2S2/c1-4-24-20(19-8-6-12-29-19)22-25(21(24)28)14-23-11-5-7-17(23)16-10-9-15(26-2)13-18(16)27-3/h6,8-10,12-13,17H,4-5,7,11,14H2,1-3H3/t17-/m1/s1. The van der Waals surface area contributed by atoms with Crippen LogP contribution in [-0.4, -0.2) is 40.0 Å². The van der Waals surface area contributed by atoms with Crippen LogP contribution in [0.1, 0.15) is 31.4 Å². The predicted molar refractivity (Wildman–Crippen MR) is 118 cm³/mol. The van der Waals surface area contributed by atoms with Crippen molar-refractivity contribution in [3.63, 3.8) is 0 Å². The Balaban J connectivity index is 1.64. The molecule has 0 spiro atoms. The van der Waals surface area contributed by atoms with E-state index in [2.05, 4.69) is 40.0 Å². The minimum Gasteiger partial charge on any atom is -0.497 e. The van der Waals surface area contributed by atoms with Crippen molar-refractivity contribution in [2.24, 2.45) is 0 Å². The molecule has 0 aliphatic carbocycles. The Bertz CT molecular complexity index is 1030. The van der Waals surface area contributed by atoms with Crippen molar-refractivity contribution >= 4 is 23.6 Å². The average Bonchev–Trinajstić information content (AvgIpc) is 3.49. The zero-order chi connectivity index (χ0) is 20.4. The van der Waals surface area contributed by atoms with Crippen LogP contribution in [0.25, 0.3) is 10.7 Å². The van der Waals surface area contributed by atoms with Crippen LogP contribution < -0.4 is 9.47 Å². The predicted octanol–water partition coefficient (Wildman–Crippen LogP) is 4.97. The molecule has 1 aliphatic heterocycles. The first-order valence-corrected chi connectivity index (χ1v) is 11.1. The van der Waals surface area contributed by atoms with Crippen LogP contribution in [-0.2, 0) is 13.2 Å². The molecule has 2 aromatic heterocycles. The molecule has 4 rings (SSSR count). The summed E-state index contributed by atoms with van der Waals surface area (Å²) in [7, 11) is 3.39. The van der Waals surface area contributed by atoms with Crippen molar-refractivity contribution in [1.29, 1.82) is 0 Å². The van der Waals surface area contributed by atoms with Gasteiger partial charge in [-0.2, -0.15) is 0 Å². The van der Waals surface area contributed by atoms with Crippen molar-refractivity contribution < 1.29 is 9.47 Å². The van der Waals surface area contributed by atoms with Crippen molar-refractivity contribution in [1.82, 2.24) is 19.2 Å². The maximum absolute atomic E-state index is 5.76. The van der Waals surface area contributed by atoms with Crippen LogP contribution in [0.15, 0.2) is 35.7 Å². The number of likely N-dealkylation sites (tertiary alicyclic amines) is 1. The topological polar surface area (TPSA) is 44.5 Å². The van der Waals surface area contributed by atoms with Gasteiger partial charge in [-0.1, -0.05) is 12.1 Å². The van der Waals surface area contributed by atoms with E-state index in [0.29, 0.717) is 6.67 Å². The Kier molecular flexibility index (Phi) is 6.03. The average molecular weight is 431 g/mol. The normalized spacial score (nSPS) is 17.0. The molecule has 3 aromatic rings. The van der Waals surface area contributed by atoms with Crippen molar-refractivity contribution in [2.45, 2.75) is 39.0 Å². The maximum atomic E-state index is 5.76. The monoisotopic (exact) mass is 430 g/mol. The van der Waals surface area contributed by atoms with Gasteiger partial charge in [0.1, 0.15) is 11.5 Å². The second-order valence-electron chi connectivity index (χ2n) is 7.05. The van der Waals surface area contributed by atoms with Gasteiger partial charge in [-0.15, -0.1) is 16.4 Å². The fraction of sp³-hybridized carbons (Fsp3) is 0.429. The third-order valence-corrected chi connectivity index (χ3v) is 6.76. The van der Waals surface area contributed by atoms with Gasteiger partial charge in [0, 0.05) is 30.8 Å². The summed E-state index contributed by atoms with van der Waals surface area (Å²) in [5, 5.41) is 6.95. The highest BCUT2D eigenvalue weighted by Crippen LogP contribution is 2.39. The zero-order valence-corrected chi connectivity index (χ0v) is 18.6. The number of ether oxygens (including phenoxy) is 2. The molecule has 29 heavy (non-hydrogen) atoms. The summed E-state index contributed by atoms with van der Waals surface area (Å²) in [5.74, 6) is 2.62. The van der Waals surface area contributed by atoms with Gasteiger partial charge in [0.15, 0.2) is 10.6 Å². The Hall–Kier alpha value is -2.16. The lowest BCUT2D eigenvalue weighted by Gasteiger charge is -2.26. The molecule has 3 heterocycles. The molecule has 0 N–H and O–H groups in total. The summed E-state index contributed by atoms with van der Waals surface area (Å²) in [6.07, 6.45) is 2.22. The summed E-state index contributed by atoms with van der Waals surface area (Å²) in [5.41, 5.74) is 1.19. The maximum Gasteiger partial charge on any atom is 0.199 e. The van der Waals surface area contributed by atoms with E-state index in [4.69, 9.17) is 26.8 Å². The van der Waals surface area contributed by atoms with Gasteiger partial charge >= 0.3 is 0 Å². The molecule has 1 saturated heterocycles. The highest BCUT2D eigenvalue weighted by atomic mass is 32.1. The second-order valence-corrected chi connectivity index (χ2v) is 8.36. The third-order valence-electron chi connectivity index (χ3n) is 5.46. The highest BCUT2D eigenvalue weighted by molar-refractivity contribution is 7.71. The Morgan fingerprint density at radius 1 is 1.24 bits per heavy atom. The molecule has 0 radical (unpaired) electrons. The van der Waals surface area contributed by atoms with E-state index in [9.17, 15) is 0 Å². The van der Waals surface area contributed by atoms with E-state index in [0.717, 1.165) is 52.9 Å². The third kappa shape index (κ3) is 3.84. The molecule has 0 unspecified atom stereocenters. The van der Waals surface area contributed by atoms with Crippen LogP contribution in [0.2, 0.25) is 0 Å². The summed E-state index contributed by atoms with van der Waals surface area (Å²) in [6.45, 7) is 4.60. The summed E-state index contributed by atoms with van der Waals surface area (Å²) < 4.78 is 15.9. The highest BCUT2D eigenvalue weighted by Gasteiger charge is 2.29. The Labute approximate surface area is 180 Å². The lowest BCUT2D eigenvalue weighted by atomic mass is 10.0. The molecule has 0 bridgehead atoms. The largest absolute Gasteiger partial charge is 0.497 e. The van der Waals surface area contributed by atoms with E-state index in [-0.39, 0.29) is 6.04 Å². The molecular weight excluding hydrogens is 404 g/mol. The van der Waals surface area contributed by atoms with Gasteiger partial charge < -0.3 is 9.47 Å². The lowest BCUT2D eigenvalue weighted by Crippen LogP contribution is -2.27. The molecule has 0 amide bonds. The number of rotatable bonds is 7. The number of aromatic nitrogens is 3. The number of thiophene rings is 1. The molecule has 1 aromatic carbocycles. The fourth-order valence-corrected chi connectivity index (χ4v) is 5.05. The fourth-order valence-electron chi connectivity index (χ4n) is 4.02. The second kappa shape index (κ2) is 8.69. The number of methoxy groups -OCH3 is 2. The van der Waals surface area contributed by atoms with Gasteiger partial charge in [0.2, 0.25) is 0 Å². The number of hydrogen-bond donors (Lipinski definition) is 0. The SMILES string of the molecule is CCn1c(-c2cccs2)nn(CN2CCC[C@@H]2c2ccc(OC)cc2OC)c1=S. The number of hydrogen-bond acceptors (Lipinski definition) is 6. The molecule has 0 saturated carbocycles. The minimum atomic E-state index is 0.273. The van der Waals surface area contributed by atoms with Gasteiger partial charge in [0.25, 0.3) is 0 Å². The number of benzene rings is 1. The first kappa shape index (κ1) is 20.1. The van der Waals surface area contributed by atoms with Crippen molar-refractivity contribution in [3.8, 4) is 22.2 Å². The van der Waals surface area contributed by atoms with Gasteiger partial charge in [0.05, 0.1) is 25.8 Å². The van der Waals surface area contributed by atoms with E-state index in [1.165, 1.54) is 5.56 Å². The Morgan fingerprint density at radius 3 is 2.79 bits per heavy atom. The molecule has 1 atom stereocenters. The van der Waals surface area contributed by atoms with Crippen LogP contribution in [0.4, 0.5) is 0 Å². The van der Waals surface area contributed by atoms with Crippen LogP contribution in [0, 0.1) is 4.77 Å². The quantitative estimate of drug-likeness (QED) is 0.495. The van der Waals surface area contributed by atoms with Gasteiger partial charge in [-0.3, -0.25) is 9.47 Å². The lowest BCUT2D eigenvalue weighted by molar-refractivity contribution is 0.186. The van der Waals surface area contributed by atoms with Crippen LogP contribution in [0.3, 0.4) is 0 Å². The van der Waals surface area contributed by atoms with Crippen LogP contribution in [0.5, 0.6) is 11.5 Å². The molecule has 1 aliphatic rings. The first-order chi connectivity index (χ1) is 14.2. The summed E-state index contributed by atoms with van der Waals surface area (Å²) in [4.78, 5) is 3.58. The number of nitrogens with zero attached hydrogens (tertiary/aromatic N) is 4. The summed E-state index contributed by atoms with van der Waals surface area (Å²) in [6, 6.07) is 10.5. The van der Waals surface area contributed by atoms with Crippen LogP contribution >= 0.6 is 23.6 Å². The molecule has 154 valence electrons. The van der Waals surface area contributed by atoms with E-state index < -0.39 is 0 Å². The van der Waals surface area contributed by atoms with Gasteiger partial charge in [-0.05, 0) is 49.5 Å². The van der Waals surface area contributed by atoms with Crippen molar-refractivity contribution in [3.05, 3.63) is 46.0 Å². The van der Waals surface area contributed by atoms with Gasteiger partial charge in [-0.25, -0.2) is 4.68 Å². The van der Waals surface area contributed by atoms with Crippen molar-refractivity contribution in [2.75, 3.05) is 20.8 Å². The van der Waals surface area contributed by atoms with E-state index in [1.54, 1.807) is 25.6 Å².